The lowest BCUT2D eigenvalue weighted by molar-refractivity contribution is -0.129. The third kappa shape index (κ3) is 5.89. The van der Waals surface area contributed by atoms with Crippen LogP contribution in [0.3, 0.4) is 0 Å². The average Bonchev–Trinajstić information content (AvgIpc) is 3.65. The Balaban J connectivity index is 1.21. The van der Waals surface area contributed by atoms with E-state index >= 15 is 0 Å². The van der Waals surface area contributed by atoms with Gasteiger partial charge in [0.1, 0.15) is 0 Å². The van der Waals surface area contributed by atoms with Crippen LogP contribution in [0.1, 0.15) is 74.4 Å². The van der Waals surface area contributed by atoms with Gasteiger partial charge in [0.05, 0.1) is 18.8 Å². The molecule has 7 rings (SSSR count). The fraction of sp³-hybridized carbons (Fsp3) is 0.618. The summed E-state index contributed by atoms with van der Waals surface area (Å²) in [5, 5.41) is 13.1. The number of likely N-dealkylation sites (tertiary alicyclic amines) is 1. The van der Waals surface area contributed by atoms with Gasteiger partial charge in [0, 0.05) is 87.4 Å². The summed E-state index contributed by atoms with van der Waals surface area (Å²) >= 11 is 0. The molecule has 242 valence electrons. The number of nitrogens with zero attached hydrogens (tertiary/aromatic N) is 7. The fourth-order valence-electron chi connectivity index (χ4n) is 8.09. The highest BCUT2D eigenvalue weighted by Crippen LogP contribution is 2.43. The van der Waals surface area contributed by atoms with E-state index in [4.69, 9.17) is 5.10 Å². The number of halogens is 2. The van der Waals surface area contributed by atoms with Gasteiger partial charge in [-0.2, -0.15) is 10.2 Å². The van der Waals surface area contributed by atoms with Crippen molar-refractivity contribution >= 4 is 17.4 Å². The van der Waals surface area contributed by atoms with Gasteiger partial charge in [0.25, 0.3) is 6.43 Å². The van der Waals surface area contributed by atoms with Crippen LogP contribution in [0.5, 0.6) is 0 Å². The maximum absolute atomic E-state index is 14.6. The van der Waals surface area contributed by atoms with E-state index in [1.165, 1.54) is 18.7 Å². The molecular weight excluding hydrogens is 574 g/mol. The Kier molecular flexibility index (Phi) is 8.41. The number of aromatic nitrogens is 4. The first-order chi connectivity index (χ1) is 21.8. The number of fused-ring (bicyclic) bond motifs is 2. The Labute approximate surface area is 264 Å². The predicted molar refractivity (Wildman–Crippen MR) is 171 cm³/mol. The van der Waals surface area contributed by atoms with E-state index < -0.39 is 6.43 Å². The zero-order chi connectivity index (χ0) is 31.2. The number of carbonyl (C=O) groups is 1. The predicted octanol–water partition coefficient (Wildman–Crippen LogP) is 5.09. The molecule has 3 aromatic rings. The van der Waals surface area contributed by atoms with Gasteiger partial charge < -0.3 is 20.0 Å². The van der Waals surface area contributed by atoms with Crippen molar-refractivity contribution in [2.45, 2.75) is 71.4 Å². The number of benzene rings is 1. The van der Waals surface area contributed by atoms with Crippen LogP contribution in [-0.4, -0.2) is 81.1 Å². The number of carbonyl (C=O) groups excluding carboxylic acids is 1. The lowest BCUT2D eigenvalue weighted by Gasteiger charge is -2.38. The molecule has 0 aliphatic carbocycles. The number of hydrogen-bond acceptors (Lipinski definition) is 6. The van der Waals surface area contributed by atoms with Crippen LogP contribution in [0, 0.1) is 11.8 Å². The molecule has 2 aromatic heterocycles. The van der Waals surface area contributed by atoms with Gasteiger partial charge in [-0.05, 0) is 80.3 Å². The Morgan fingerprint density at radius 3 is 2.64 bits per heavy atom. The summed E-state index contributed by atoms with van der Waals surface area (Å²) in [6.45, 7) is 11.4. The molecule has 0 unspecified atom stereocenters. The van der Waals surface area contributed by atoms with Crippen LogP contribution in [-0.2, 0) is 31.2 Å². The molecule has 9 nitrogen and oxygen atoms in total. The summed E-state index contributed by atoms with van der Waals surface area (Å²) in [6.07, 6.45) is 6.65. The van der Waals surface area contributed by atoms with Crippen molar-refractivity contribution in [1.82, 2.24) is 34.7 Å². The molecular formula is C34H46F2N8O. The second-order valence-corrected chi connectivity index (χ2v) is 13.7. The van der Waals surface area contributed by atoms with Gasteiger partial charge in [0.15, 0.2) is 5.82 Å². The first kappa shape index (κ1) is 30.3. The first-order valence-electron chi connectivity index (χ1n) is 16.8. The number of amides is 1. The summed E-state index contributed by atoms with van der Waals surface area (Å²) in [7, 11) is 1.80. The molecule has 2 atom stereocenters. The normalized spacial score (nSPS) is 23.0. The first-order valence-corrected chi connectivity index (χ1v) is 16.8. The summed E-state index contributed by atoms with van der Waals surface area (Å²) in [5.41, 5.74) is 5.40. The van der Waals surface area contributed by atoms with Crippen molar-refractivity contribution in [1.29, 1.82) is 0 Å². The van der Waals surface area contributed by atoms with E-state index in [1.807, 2.05) is 11.0 Å². The van der Waals surface area contributed by atoms with Gasteiger partial charge in [-0.3, -0.25) is 14.2 Å². The number of piperidine rings is 2. The SMILES string of the molecule is CC(=O)N1CCc2c(c(N3CCCc4cc(-c5cnn(C)c5)c(C(F)F)cc43)nn2C2CCN(C[C@@H]3CCNC[C@@H]3C)CC2)C1. The summed E-state index contributed by atoms with van der Waals surface area (Å²) in [6, 6.07) is 3.91. The fourth-order valence-corrected chi connectivity index (χ4v) is 8.09. The maximum atomic E-state index is 14.6. The monoisotopic (exact) mass is 620 g/mol. The second-order valence-electron chi connectivity index (χ2n) is 13.7. The van der Waals surface area contributed by atoms with Crippen LogP contribution in [0.25, 0.3) is 11.1 Å². The van der Waals surface area contributed by atoms with Crippen LogP contribution < -0.4 is 10.2 Å². The van der Waals surface area contributed by atoms with Gasteiger partial charge in [-0.1, -0.05) is 6.92 Å². The standard InChI is InChI=1S/C34H46F2N8O/c1-22-17-37-10-6-25(22)20-41-12-7-27(8-13-41)44-31-9-14-42(23(2)45)21-30(31)34(39-44)43-11-4-5-24-15-28(26-18-38-40(3)19-26)29(33(35)36)16-32(24)43/h15-16,18-19,22,25,27,33,37H,4-14,17,20-21H2,1-3H3/t22-,25-/m0/s1. The molecule has 45 heavy (non-hydrogen) atoms. The van der Waals surface area contributed by atoms with Crippen molar-refractivity contribution in [3.63, 3.8) is 0 Å². The van der Waals surface area contributed by atoms with E-state index in [1.54, 1.807) is 37.1 Å². The number of hydrogen-bond donors (Lipinski definition) is 1. The lowest BCUT2D eigenvalue weighted by atomic mass is 9.87. The van der Waals surface area contributed by atoms with Crippen LogP contribution in [0.2, 0.25) is 0 Å². The molecule has 0 radical (unpaired) electrons. The van der Waals surface area contributed by atoms with E-state index in [9.17, 15) is 13.6 Å². The number of nitrogens with one attached hydrogen (secondary N) is 1. The highest BCUT2D eigenvalue weighted by molar-refractivity contribution is 5.78. The second kappa shape index (κ2) is 12.5. The quantitative estimate of drug-likeness (QED) is 0.414. The number of anilines is 2. The Bertz CT molecular complexity index is 1540. The van der Waals surface area contributed by atoms with Crippen molar-refractivity contribution in [3.8, 4) is 11.1 Å². The number of rotatable bonds is 6. The van der Waals surface area contributed by atoms with Crippen molar-refractivity contribution in [2.24, 2.45) is 18.9 Å². The summed E-state index contributed by atoms with van der Waals surface area (Å²) < 4.78 is 33.0. The molecule has 4 aliphatic heterocycles. The lowest BCUT2D eigenvalue weighted by Crippen LogP contribution is -2.44. The highest BCUT2D eigenvalue weighted by Gasteiger charge is 2.35. The third-order valence-electron chi connectivity index (χ3n) is 10.7. The minimum absolute atomic E-state index is 0.0164. The van der Waals surface area contributed by atoms with Crippen molar-refractivity contribution in [3.05, 3.63) is 46.9 Å². The highest BCUT2D eigenvalue weighted by atomic mass is 19.3. The zero-order valence-corrected chi connectivity index (χ0v) is 26.8. The molecule has 0 spiro atoms. The average molecular weight is 621 g/mol. The van der Waals surface area contributed by atoms with E-state index in [-0.39, 0.29) is 11.5 Å². The Morgan fingerprint density at radius 2 is 1.93 bits per heavy atom. The van der Waals surface area contributed by atoms with Crippen LogP contribution >= 0.6 is 0 Å². The molecule has 2 saturated heterocycles. The smallest absolute Gasteiger partial charge is 0.264 e. The van der Waals surface area contributed by atoms with Gasteiger partial charge in [0.2, 0.25) is 5.91 Å². The van der Waals surface area contributed by atoms with Crippen LogP contribution in [0.4, 0.5) is 20.3 Å². The molecule has 6 heterocycles. The topological polar surface area (TPSA) is 74.5 Å². The number of alkyl halides is 2. The maximum Gasteiger partial charge on any atom is 0.264 e. The molecule has 2 fully saturated rings. The molecule has 4 aliphatic rings. The summed E-state index contributed by atoms with van der Waals surface area (Å²) in [4.78, 5) is 19.2. The van der Waals surface area contributed by atoms with Gasteiger partial charge in [-0.25, -0.2) is 8.78 Å². The summed E-state index contributed by atoms with van der Waals surface area (Å²) in [5.74, 6) is 2.34. The Morgan fingerprint density at radius 1 is 1.11 bits per heavy atom. The van der Waals surface area contributed by atoms with Crippen LogP contribution in [0.15, 0.2) is 24.5 Å². The minimum atomic E-state index is -2.62. The largest absolute Gasteiger partial charge is 0.338 e. The molecule has 11 heteroatoms. The van der Waals surface area contributed by atoms with E-state index in [0.29, 0.717) is 42.7 Å². The van der Waals surface area contributed by atoms with E-state index in [2.05, 4.69) is 31.8 Å². The molecule has 1 amide bonds. The minimum Gasteiger partial charge on any atom is -0.338 e. The van der Waals surface area contributed by atoms with E-state index in [0.717, 1.165) is 86.8 Å². The van der Waals surface area contributed by atoms with Crippen molar-refractivity contribution in [2.75, 3.05) is 50.7 Å². The molecule has 0 bridgehead atoms. The Hall–Kier alpha value is -3.31. The zero-order valence-electron chi connectivity index (χ0n) is 26.8. The van der Waals surface area contributed by atoms with Gasteiger partial charge in [-0.15, -0.1) is 0 Å². The number of aryl methyl sites for hydroxylation is 2. The molecule has 1 N–H and O–H groups in total. The molecule has 0 saturated carbocycles. The molecule has 1 aromatic carbocycles. The van der Waals surface area contributed by atoms with Crippen molar-refractivity contribution < 1.29 is 13.6 Å². The van der Waals surface area contributed by atoms with Gasteiger partial charge >= 0.3 is 0 Å². The third-order valence-corrected chi connectivity index (χ3v) is 10.7.